The Morgan fingerprint density at radius 3 is 2.25 bits per heavy atom. The van der Waals surface area contributed by atoms with E-state index in [2.05, 4.69) is 28.5 Å². The zero-order valence-electron chi connectivity index (χ0n) is 13.6. The first-order chi connectivity index (χ1) is 9.74. The van der Waals surface area contributed by atoms with Crippen LogP contribution in [-0.2, 0) is 0 Å². The molecule has 4 heteroatoms. The molecule has 0 amide bonds. The summed E-state index contributed by atoms with van der Waals surface area (Å²) in [6.07, 6.45) is 5.12. The van der Waals surface area contributed by atoms with Crippen LogP contribution in [-0.4, -0.2) is 79.1 Å². The van der Waals surface area contributed by atoms with Crippen molar-refractivity contribution in [3.8, 4) is 0 Å². The summed E-state index contributed by atoms with van der Waals surface area (Å²) in [4.78, 5) is 7.92. The molecule has 4 nitrogen and oxygen atoms in total. The fourth-order valence-corrected chi connectivity index (χ4v) is 3.96. The third kappa shape index (κ3) is 3.73. The first-order valence-electron chi connectivity index (χ1n) is 8.64. The lowest BCUT2D eigenvalue weighted by molar-refractivity contribution is 0.0267. The van der Waals surface area contributed by atoms with Crippen LogP contribution in [0, 0.1) is 0 Å². The maximum absolute atomic E-state index is 6.24. The second-order valence-corrected chi connectivity index (χ2v) is 6.54. The van der Waals surface area contributed by atoms with Crippen molar-refractivity contribution in [2.75, 3.05) is 58.9 Å². The van der Waals surface area contributed by atoms with Gasteiger partial charge in [-0.2, -0.15) is 0 Å². The van der Waals surface area contributed by atoms with Gasteiger partial charge >= 0.3 is 0 Å². The summed E-state index contributed by atoms with van der Waals surface area (Å²) in [5.74, 6) is 0. The topological polar surface area (TPSA) is 35.7 Å². The molecule has 2 aliphatic rings. The standard InChI is InChI=1S/C16H34N4/c1-3-8-19-11-13-20(14-12-19)16(15-17)6-5-9-18(4-2)10-7-16/h3-15,17H2,1-2H3. The number of hydrogen-bond acceptors (Lipinski definition) is 4. The maximum Gasteiger partial charge on any atom is 0.0345 e. The van der Waals surface area contributed by atoms with Crippen LogP contribution >= 0.6 is 0 Å². The summed E-state index contributed by atoms with van der Waals surface area (Å²) in [6.45, 7) is 15.2. The SMILES string of the molecule is CCCN1CCN(C2(CN)CCCN(CC)CC2)CC1. The summed E-state index contributed by atoms with van der Waals surface area (Å²) in [7, 11) is 0. The highest BCUT2D eigenvalue weighted by atomic mass is 15.3. The molecule has 0 spiro atoms. The first kappa shape index (κ1) is 16.2. The van der Waals surface area contributed by atoms with Gasteiger partial charge in [0.1, 0.15) is 0 Å². The van der Waals surface area contributed by atoms with Crippen LogP contribution < -0.4 is 5.73 Å². The average Bonchev–Trinajstić information content (AvgIpc) is 2.71. The Kier molecular flexibility index (Phi) is 6.27. The molecule has 1 unspecified atom stereocenters. The van der Waals surface area contributed by atoms with Gasteiger partial charge in [0.2, 0.25) is 0 Å². The molecule has 20 heavy (non-hydrogen) atoms. The van der Waals surface area contributed by atoms with E-state index in [1.54, 1.807) is 0 Å². The summed E-state index contributed by atoms with van der Waals surface area (Å²) in [5, 5.41) is 0. The van der Waals surface area contributed by atoms with Gasteiger partial charge in [0.25, 0.3) is 0 Å². The molecule has 0 aromatic carbocycles. The van der Waals surface area contributed by atoms with E-state index in [1.807, 2.05) is 0 Å². The van der Waals surface area contributed by atoms with Crippen LogP contribution in [0.2, 0.25) is 0 Å². The lowest BCUT2D eigenvalue weighted by Gasteiger charge is -2.47. The lowest BCUT2D eigenvalue weighted by Crippen LogP contribution is -2.60. The van der Waals surface area contributed by atoms with Crippen molar-refractivity contribution >= 4 is 0 Å². The Balaban J connectivity index is 1.94. The number of likely N-dealkylation sites (tertiary alicyclic amines) is 1. The van der Waals surface area contributed by atoms with Crippen LogP contribution in [0.15, 0.2) is 0 Å². The van der Waals surface area contributed by atoms with Crippen LogP contribution in [0.3, 0.4) is 0 Å². The highest BCUT2D eigenvalue weighted by molar-refractivity contribution is 4.96. The maximum atomic E-state index is 6.24. The predicted molar refractivity (Wildman–Crippen MR) is 86.1 cm³/mol. The Labute approximate surface area is 125 Å². The minimum Gasteiger partial charge on any atom is -0.329 e. The van der Waals surface area contributed by atoms with E-state index < -0.39 is 0 Å². The number of rotatable bonds is 5. The van der Waals surface area contributed by atoms with Gasteiger partial charge in [0.05, 0.1) is 0 Å². The molecule has 0 aromatic rings. The van der Waals surface area contributed by atoms with Crippen molar-refractivity contribution in [1.29, 1.82) is 0 Å². The van der Waals surface area contributed by atoms with Crippen molar-refractivity contribution in [2.45, 2.75) is 45.1 Å². The van der Waals surface area contributed by atoms with Gasteiger partial charge in [-0.05, 0) is 51.9 Å². The summed E-state index contributed by atoms with van der Waals surface area (Å²) >= 11 is 0. The van der Waals surface area contributed by atoms with Crippen LogP contribution in [0.1, 0.15) is 39.5 Å². The number of nitrogens with two attached hydrogens (primary N) is 1. The molecular formula is C16H34N4. The predicted octanol–water partition coefficient (Wildman–Crippen LogP) is 1.22. The fraction of sp³-hybridized carbons (Fsp3) is 1.00. The number of nitrogens with zero attached hydrogens (tertiary/aromatic N) is 3. The molecule has 118 valence electrons. The fourth-order valence-electron chi connectivity index (χ4n) is 3.96. The van der Waals surface area contributed by atoms with Crippen LogP contribution in [0.5, 0.6) is 0 Å². The second-order valence-electron chi connectivity index (χ2n) is 6.54. The van der Waals surface area contributed by atoms with E-state index in [0.29, 0.717) is 0 Å². The van der Waals surface area contributed by atoms with Gasteiger partial charge in [0, 0.05) is 38.3 Å². The molecule has 0 radical (unpaired) electrons. The molecule has 2 aliphatic heterocycles. The summed E-state index contributed by atoms with van der Waals surface area (Å²) in [5.41, 5.74) is 6.52. The van der Waals surface area contributed by atoms with Crippen molar-refractivity contribution in [2.24, 2.45) is 5.73 Å². The van der Waals surface area contributed by atoms with Gasteiger partial charge in [-0.3, -0.25) is 4.90 Å². The van der Waals surface area contributed by atoms with E-state index in [1.165, 1.54) is 78.0 Å². The molecule has 0 bridgehead atoms. The van der Waals surface area contributed by atoms with E-state index in [-0.39, 0.29) is 5.54 Å². The third-order valence-electron chi connectivity index (χ3n) is 5.42. The first-order valence-corrected chi connectivity index (χ1v) is 8.64. The molecule has 0 aromatic heterocycles. The van der Waals surface area contributed by atoms with E-state index in [9.17, 15) is 0 Å². The molecule has 2 rings (SSSR count). The van der Waals surface area contributed by atoms with Gasteiger partial charge in [-0.15, -0.1) is 0 Å². The Morgan fingerprint density at radius 1 is 0.900 bits per heavy atom. The smallest absolute Gasteiger partial charge is 0.0345 e. The largest absolute Gasteiger partial charge is 0.329 e. The molecule has 2 N–H and O–H groups in total. The summed E-state index contributed by atoms with van der Waals surface area (Å²) < 4.78 is 0. The van der Waals surface area contributed by atoms with Crippen molar-refractivity contribution in [3.05, 3.63) is 0 Å². The highest BCUT2D eigenvalue weighted by Crippen LogP contribution is 2.29. The summed E-state index contributed by atoms with van der Waals surface area (Å²) in [6, 6.07) is 0. The molecule has 2 fully saturated rings. The Morgan fingerprint density at radius 2 is 1.65 bits per heavy atom. The molecule has 0 aliphatic carbocycles. The molecular weight excluding hydrogens is 248 g/mol. The Hall–Kier alpha value is -0.160. The van der Waals surface area contributed by atoms with E-state index in [4.69, 9.17) is 5.73 Å². The zero-order chi connectivity index (χ0) is 14.4. The monoisotopic (exact) mass is 282 g/mol. The van der Waals surface area contributed by atoms with Gasteiger partial charge in [-0.1, -0.05) is 13.8 Å². The van der Waals surface area contributed by atoms with Crippen LogP contribution in [0.25, 0.3) is 0 Å². The average molecular weight is 282 g/mol. The van der Waals surface area contributed by atoms with Crippen molar-refractivity contribution in [1.82, 2.24) is 14.7 Å². The van der Waals surface area contributed by atoms with E-state index >= 15 is 0 Å². The zero-order valence-corrected chi connectivity index (χ0v) is 13.6. The molecule has 0 saturated carbocycles. The van der Waals surface area contributed by atoms with Crippen molar-refractivity contribution in [3.63, 3.8) is 0 Å². The van der Waals surface area contributed by atoms with E-state index in [0.717, 1.165) is 6.54 Å². The van der Waals surface area contributed by atoms with Gasteiger partial charge in [0.15, 0.2) is 0 Å². The van der Waals surface area contributed by atoms with Crippen LogP contribution in [0.4, 0.5) is 0 Å². The van der Waals surface area contributed by atoms with Crippen molar-refractivity contribution < 1.29 is 0 Å². The molecule has 2 heterocycles. The van der Waals surface area contributed by atoms with Gasteiger partial charge in [-0.25, -0.2) is 0 Å². The quantitative estimate of drug-likeness (QED) is 0.822. The lowest BCUT2D eigenvalue weighted by atomic mass is 9.87. The minimum atomic E-state index is 0.280. The number of hydrogen-bond donors (Lipinski definition) is 1. The number of piperazine rings is 1. The Bertz CT molecular complexity index is 276. The minimum absolute atomic E-state index is 0.280. The normalized spacial score (nSPS) is 31.4. The second kappa shape index (κ2) is 7.74. The van der Waals surface area contributed by atoms with Gasteiger partial charge < -0.3 is 15.5 Å². The highest BCUT2D eigenvalue weighted by Gasteiger charge is 2.38. The third-order valence-corrected chi connectivity index (χ3v) is 5.42. The molecule has 2 saturated heterocycles. The molecule has 1 atom stereocenters.